The van der Waals surface area contributed by atoms with Crippen molar-refractivity contribution in [3.05, 3.63) is 80.5 Å². The number of nitrogens with zero attached hydrogens (tertiary/aromatic N) is 1. The minimum Gasteiger partial charge on any atom is -0.373 e. The zero-order valence-electron chi connectivity index (χ0n) is 16.0. The van der Waals surface area contributed by atoms with Gasteiger partial charge < -0.3 is 14.6 Å². The summed E-state index contributed by atoms with van der Waals surface area (Å²) in [6.45, 7) is -0.0671. The van der Waals surface area contributed by atoms with E-state index in [-0.39, 0.29) is 35.2 Å². The van der Waals surface area contributed by atoms with Gasteiger partial charge in [0.25, 0.3) is 17.9 Å². The minimum atomic E-state index is -3.11. The van der Waals surface area contributed by atoms with Gasteiger partial charge in [-0.15, -0.1) is 0 Å². The molecule has 2 aromatic carbocycles. The van der Waals surface area contributed by atoms with Gasteiger partial charge in [-0.25, -0.2) is 22.0 Å². The van der Waals surface area contributed by atoms with E-state index in [0.29, 0.717) is 5.56 Å². The number of aromatic nitrogens is 1. The maximum absolute atomic E-state index is 14.0. The number of pyridine rings is 1. The van der Waals surface area contributed by atoms with Crippen LogP contribution in [0.5, 0.6) is 0 Å². The molecule has 1 aromatic heterocycles. The van der Waals surface area contributed by atoms with Gasteiger partial charge in [0.05, 0.1) is 30.2 Å². The summed E-state index contributed by atoms with van der Waals surface area (Å²) in [5, 5.41) is 0.00476. The number of halogens is 5. The molecule has 0 saturated heterocycles. The number of nitrogens with one attached hydrogen (secondary N) is 1. The molecule has 1 amide bonds. The second-order valence-corrected chi connectivity index (χ2v) is 7.14. The fraction of sp³-hybridized carbons (Fsp3) is 0.238. The molecule has 1 aliphatic heterocycles. The Labute approximate surface area is 172 Å². The normalized spacial score (nSPS) is 15.9. The molecular formula is C21H15F5N2O3. The van der Waals surface area contributed by atoms with Crippen molar-refractivity contribution < 1.29 is 31.5 Å². The smallest absolute Gasteiger partial charge is 0.266 e. The van der Waals surface area contributed by atoms with E-state index >= 15 is 0 Å². The molecule has 3 aromatic rings. The quantitative estimate of drug-likeness (QED) is 0.623. The fourth-order valence-electron chi connectivity index (χ4n) is 3.74. The van der Waals surface area contributed by atoms with E-state index < -0.39 is 46.9 Å². The van der Waals surface area contributed by atoms with Crippen LogP contribution in [0.25, 0.3) is 10.8 Å². The van der Waals surface area contributed by atoms with Crippen LogP contribution >= 0.6 is 0 Å². The Balaban J connectivity index is 1.82. The van der Waals surface area contributed by atoms with Crippen LogP contribution in [0.15, 0.2) is 35.1 Å². The summed E-state index contributed by atoms with van der Waals surface area (Å²) in [5.74, 6) is -4.22. The highest BCUT2D eigenvalue weighted by atomic mass is 19.3. The van der Waals surface area contributed by atoms with Crippen LogP contribution < -0.4 is 5.56 Å². The zero-order valence-corrected chi connectivity index (χ0v) is 16.0. The number of ether oxygens (including phenoxy) is 1. The number of hydrogen-bond acceptors (Lipinski definition) is 3. The number of fused-ring (bicyclic) bond motifs is 3. The van der Waals surface area contributed by atoms with Gasteiger partial charge in [-0.2, -0.15) is 0 Å². The molecule has 0 unspecified atom stereocenters. The summed E-state index contributed by atoms with van der Waals surface area (Å²) in [5.41, 5.74) is -1.10. The average molecular weight is 438 g/mol. The van der Waals surface area contributed by atoms with Crippen molar-refractivity contribution in [3.63, 3.8) is 0 Å². The Morgan fingerprint density at radius 1 is 1.10 bits per heavy atom. The van der Waals surface area contributed by atoms with Gasteiger partial charge in [0.1, 0.15) is 5.82 Å². The second-order valence-electron chi connectivity index (χ2n) is 7.14. The average Bonchev–Trinajstić information content (AvgIpc) is 2.74. The predicted octanol–water partition coefficient (Wildman–Crippen LogP) is 4.23. The van der Waals surface area contributed by atoms with E-state index in [1.165, 1.54) is 11.9 Å². The molecule has 10 heteroatoms. The molecule has 162 valence electrons. The molecule has 5 nitrogen and oxygen atoms in total. The van der Waals surface area contributed by atoms with Gasteiger partial charge in [0.15, 0.2) is 11.6 Å². The Bertz CT molecular complexity index is 1260. The van der Waals surface area contributed by atoms with E-state index in [9.17, 15) is 31.5 Å². The van der Waals surface area contributed by atoms with Gasteiger partial charge in [0, 0.05) is 23.9 Å². The number of alkyl halides is 2. The van der Waals surface area contributed by atoms with Gasteiger partial charge in [-0.05, 0) is 35.7 Å². The highest BCUT2D eigenvalue weighted by Crippen LogP contribution is 2.34. The standard InChI is InChI=1S/C21H15F5N2O3/c1-28(21(30)9-2-3-13(22)12(4-9)19(25)26)17-8-31-7-16-18(17)10-5-14(23)15(24)6-11(10)20(29)27-16/h2-6,17,19H,7-8H2,1H3,(H,27,29)/t17-/m1/s1. The van der Waals surface area contributed by atoms with Crippen molar-refractivity contribution in [2.45, 2.75) is 19.1 Å². The number of amides is 1. The third-order valence-electron chi connectivity index (χ3n) is 5.31. The fourth-order valence-corrected chi connectivity index (χ4v) is 3.74. The third kappa shape index (κ3) is 3.56. The van der Waals surface area contributed by atoms with Gasteiger partial charge >= 0.3 is 0 Å². The van der Waals surface area contributed by atoms with E-state index in [4.69, 9.17) is 4.74 Å². The topological polar surface area (TPSA) is 62.4 Å². The summed E-state index contributed by atoms with van der Waals surface area (Å²) in [6.07, 6.45) is -3.11. The van der Waals surface area contributed by atoms with Crippen molar-refractivity contribution in [1.82, 2.24) is 9.88 Å². The van der Waals surface area contributed by atoms with Crippen LogP contribution in [0.2, 0.25) is 0 Å². The molecular weight excluding hydrogens is 423 g/mol. The number of H-pyrrole nitrogens is 1. The van der Waals surface area contributed by atoms with E-state index in [1.807, 2.05) is 0 Å². The Morgan fingerprint density at radius 2 is 1.77 bits per heavy atom. The molecule has 1 aliphatic rings. The summed E-state index contributed by atoms with van der Waals surface area (Å²) in [4.78, 5) is 29.0. The summed E-state index contributed by atoms with van der Waals surface area (Å²) in [7, 11) is 1.37. The molecule has 0 aliphatic carbocycles. The molecule has 1 atom stereocenters. The van der Waals surface area contributed by atoms with Gasteiger partial charge in [-0.3, -0.25) is 9.59 Å². The van der Waals surface area contributed by atoms with E-state index in [0.717, 1.165) is 30.3 Å². The second kappa shape index (κ2) is 7.77. The zero-order chi connectivity index (χ0) is 22.4. The number of hydrogen-bond donors (Lipinski definition) is 1. The first-order valence-electron chi connectivity index (χ1n) is 9.15. The molecule has 0 radical (unpaired) electrons. The predicted molar refractivity (Wildman–Crippen MR) is 100 cm³/mol. The number of carbonyl (C=O) groups excluding carboxylic acids is 1. The molecule has 4 rings (SSSR count). The molecule has 0 bridgehead atoms. The first kappa shape index (κ1) is 21.0. The number of carbonyl (C=O) groups is 1. The highest BCUT2D eigenvalue weighted by molar-refractivity contribution is 5.95. The summed E-state index contributed by atoms with van der Waals surface area (Å²) < 4.78 is 72.7. The molecule has 1 N–H and O–H groups in total. The maximum atomic E-state index is 14.0. The Morgan fingerprint density at radius 3 is 2.45 bits per heavy atom. The number of benzene rings is 2. The molecule has 0 fully saturated rings. The van der Waals surface area contributed by atoms with Crippen LogP contribution in [0.3, 0.4) is 0 Å². The molecule has 0 saturated carbocycles. The van der Waals surface area contributed by atoms with Crippen molar-refractivity contribution in [3.8, 4) is 0 Å². The largest absolute Gasteiger partial charge is 0.373 e. The van der Waals surface area contributed by atoms with Crippen LogP contribution in [0.4, 0.5) is 22.0 Å². The van der Waals surface area contributed by atoms with Crippen LogP contribution in [-0.2, 0) is 11.3 Å². The minimum absolute atomic E-state index is 0.0237. The first-order valence-corrected chi connectivity index (χ1v) is 9.15. The van der Waals surface area contributed by atoms with Crippen molar-refractivity contribution in [2.24, 2.45) is 0 Å². The summed E-state index contributed by atoms with van der Waals surface area (Å²) in [6, 6.07) is 3.42. The Kier molecular flexibility index (Phi) is 5.26. The van der Waals surface area contributed by atoms with Crippen molar-refractivity contribution in [2.75, 3.05) is 13.7 Å². The lowest BCUT2D eigenvalue weighted by atomic mass is 9.95. The van der Waals surface area contributed by atoms with Crippen molar-refractivity contribution >= 4 is 16.7 Å². The van der Waals surface area contributed by atoms with Crippen LogP contribution in [0, 0.1) is 17.5 Å². The first-order chi connectivity index (χ1) is 14.7. The number of rotatable bonds is 3. The monoisotopic (exact) mass is 438 g/mol. The highest BCUT2D eigenvalue weighted by Gasteiger charge is 2.32. The third-order valence-corrected chi connectivity index (χ3v) is 5.31. The number of likely N-dealkylation sites (N-methyl/N-ethyl adjacent to an activating group) is 1. The van der Waals surface area contributed by atoms with Crippen LogP contribution in [0.1, 0.15) is 39.6 Å². The van der Waals surface area contributed by atoms with Gasteiger partial charge in [0.2, 0.25) is 0 Å². The maximum Gasteiger partial charge on any atom is 0.266 e. The van der Waals surface area contributed by atoms with Crippen molar-refractivity contribution in [1.29, 1.82) is 0 Å². The van der Waals surface area contributed by atoms with E-state index in [1.54, 1.807) is 0 Å². The van der Waals surface area contributed by atoms with E-state index in [2.05, 4.69) is 4.98 Å². The number of aromatic amines is 1. The molecule has 2 heterocycles. The lowest BCUT2D eigenvalue weighted by molar-refractivity contribution is 0.0335. The van der Waals surface area contributed by atoms with Crippen LogP contribution in [-0.4, -0.2) is 29.4 Å². The lowest BCUT2D eigenvalue weighted by Gasteiger charge is -2.34. The molecule has 31 heavy (non-hydrogen) atoms. The summed E-state index contributed by atoms with van der Waals surface area (Å²) >= 11 is 0. The molecule has 0 spiro atoms. The lowest BCUT2D eigenvalue weighted by Crippen LogP contribution is -2.37. The Hall–Kier alpha value is -3.27. The van der Waals surface area contributed by atoms with Gasteiger partial charge in [-0.1, -0.05) is 0 Å². The SMILES string of the molecule is CN(C(=O)c1ccc(F)c(C(F)F)c1)[C@@H]1COCc2[nH]c(=O)c3cc(F)c(F)cc3c21.